The number of ketones is 1. The number of hydrogen-bond donors (Lipinski definition) is 4. The van der Waals surface area contributed by atoms with Crippen molar-refractivity contribution in [2.75, 3.05) is 10.5 Å². The van der Waals surface area contributed by atoms with Crippen LogP contribution in [0.2, 0.25) is 0 Å². The van der Waals surface area contributed by atoms with Gasteiger partial charge in [0.1, 0.15) is 23.1 Å². The van der Waals surface area contributed by atoms with Gasteiger partial charge in [0.25, 0.3) is 0 Å². The lowest BCUT2D eigenvalue weighted by molar-refractivity contribution is 0.103. The number of benzene rings is 3. The Morgan fingerprint density at radius 2 is 1.79 bits per heavy atom. The fraction of sp³-hybridized carbons (Fsp3) is 0. The summed E-state index contributed by atoms with van der Waals surface area (Å²) in [4.78, 5) is 20.4. The molecule has 6 nitrogen and oxygen atoms in total. The number of pyridine rings is 1. The van der Waals surface area contributed by atoms with Crippen LogP contribution in [0.1, 0.15) is 21.5 Å². The fourth-order valence-electron chi connectivity index (χ4n) is 3.87. The summed E-state index contributed by atoms with van der Waals surface area (Å²) in [6.45, 7) is 0. The molecule has 0 amide bonds. The highest BCUT2D eigenvalue weighted by atomic mass is 32.2. The third kappa shape index (κ3) is 4.59. The Balaban J connectivity index is 1.51. The number of rotatable bonds is 7. The van der Waals surface area contributed by atoms with Crippen molar-refractivity contribution in [2.45, 2.75) is 4.90 Å². The second kappa shape index (κ2) is 10.0. The molecule has 0 unspecified atom stereocenters. The standard InChI is InChI=1S/C27H17F4N5OS/c28-16-2-3-19(29)23(9-16)38-36-22-6-4-20(30)24(25(22)31)26(37)18-12-35-27-17(18)8-15(11-34-27)13-1-5-21(33)14(7-13)10-32/h1-12,32,36H,33H2,(H,34,35). The van der Waals surface area contributed by atoms with Crippen molar-refractivity contribution in [3.63, 3.8) is 0 Å². The van der Waals surface area contributed by atoms with E-state index >= 15 is 4.39 Å². The van der Waals surface area contributed by atoms with Gasteiger partial charge in [0.15, 0.2) is 5.82 Å². The van der Waals surface area contributed by atoms with Gasteiger partial charge >= 0.3 is 0 Å². The van der Waals surface area contributed by atoms with Crippen LogP contribution in [0.4, 0.5) is 28.9 Å². The minimum atomic E-state index is -1.19. The van der Waals surface area contributed by atoms with Gasteiger partial charge in [-0.15, -0.1) is 0 Å². The molecule has 0 spiro atoms. The number of fused-ring (bicyclic) bond motifs is 1. The van der Waals surface area contributed by atoms with Gasteiger partial charge in [-0.25, -0.2) is 22.5 Å². The number of nitrogen functional groups attached to an aromatic ring is 1. The number of hydrogen-bond acceptors (Lipinski definition) is 6. The monoisotopic (exact) mass is 535 g/mol. The highest BCUT2D eigenvalue weighted by Crippen LogP contribution is 2.32. The van der Waals surface area contributed by atoms with Crippen molar-refractivity contribution in [1.82, 2.24) is 9.97 Å². The molecule has 3 aromatic carbocycles. The van der Waals surface area contributed by atoms with E-state index in [2.05, 4.69) is 14.7 Å². The number of carbonyl (C=O) groups is 1. The first-order valence-electron chi connectivity index (χ1n) is 11.0. The summed E-state index contributed by atoms with van der Waals surface area (Å²) in [5.74, 6) is -4.64. The van der Waals surface area contributed by atoms with E-state index < -0.39 is 34.6 Å². The summed E-state index contributed by atoms with van der Waals surface area (Å²) in [5, 5.41) is 7.84. The van der Waals surface area contributed by atoms with Crippen LogP contribution in [0.15, 0.2) is 71.9 Å². The molecular weight excluding hydrogens is 518 g/mol. The number of halogens is 4. The van der Waals surface area contributed by atoms with Gasteiger partial charge in [0.05, 0.1) is 16.1 Å². The highest BCUT2D eigenvalue weighted by molar-refractivity contribution is 8.00. The summed E-state index contributed by atoms with van der Waals surface area (Å²) in [6.07, 6.45) is 3.98. The highest BCUT2D eigenvalue weighted by Gasteiger charge is 2.25. The second-order valence-electron chi connectivity index (χ2n) is 8.20. The molecule has 0 fully saturated rings. The van der Waals surface area contributed by atoms with E-state index in [0.717, 1.165) is 36.5 Å². The molecule has 0 saturated carbocycles. The van der Waals surface area contributed by atoms with Crippen LogP contribution in [-0.2, 0) is 0 Å². The molecule has 0 aliphatic carbocycles. The normalized spacial score (nSPS) is 11.1. The van der Waals surface area contributed by atoms with E-state index in [1.165, 1.54) is 6.20 Å². The number of anilines is 2. The average Bonchev–Trinajstić information content (AvgIpc) is 3.33. The van der Waals surface area contributed by atoms with Crippen LogP contribution in [0.25, 0.3) is 22.2 Å². The third-order valence-electron chi connectivity index (χ3n) is 5.83. The van der Waals surface area contributed by atoms with Gasteiger partial charge in [-0.05, 0) is 66.0 Å². The molecule has 11 heteroatoms. The predicted octanol–water partition coefficient (Wildman–Crippen LogP) is 6.72. The maximum atomic E-state index is 15.4. The quantitative estimate of drug-likeness (QED) is 0.0609. The number of aromatic amines is 1. The Labute approximate surface area is 217 Å². The number of H-pyrrole nitrogens is 1. The summed E-state index contributed by atoms with van der Waals surface area (Å²) in [7, 11) is 0. The Kier molecular flexibility index (Phi) is 6.60. The van der Waals surface area contributed by atoms with Gasteiger partial charge in [0.2, 0.25) is 5.78 Å². The summed E-state index contributed by atoms with van der Waals surface area (Å²) in [5.41, 5.74) is 7.26. The Morgan fingerprint density at radius 1 is 1.00 bits per heavy atom. The molecule has 5 N–H and O–H groups in total. The van der Waals surface area contributed by atoms with Crippen LogP contribution < -0.4 is 10.5 Å². The van der Waals surface area contributed by atoms with Crippen LogP contribution in [-0.4, -0.2) is 22.0 Å². The summed E-state index contributed by atoms with van der Waals surface area (Å²) >= 11 is 0.579. The molecule has 0 radical (unpaired) electrons. The molecule has 0 atom stereocenters. The third-order valence-corrected chi connectivity index (χ3v) is 6.69. The molecule has 2 heterocycles. The minimum absolute atomic E-state index is 0.0177. The fourth-order valence-corrected chi connectivity index (χ4v) is 4.58. The number of carbonyl (C=O) groups excluding carboxylic acids is 1. The topological polar surface area (TPSA) is 108 Å². The average molecular weight is 536 g/mol. The summed E-state index contributed by atoms with van der Waals surface area (Å²) < 4.78 is 60.0. The first kappa shape index (κ1) is 25.0. The molecular formula is C27H17F4N5OS. The molecule has 2 aromatic heterocycles. The smallest absolute Gasteiger partial charge is 0.201 e. The molecule has 5 aromatic rings. The lowest BCUT2D eigenvalue weighted by Crippen LogP contribution is -2.09. The van der Waals surface area contributed by atoms with Crippen molar-refractivity contribution in [3.8, 4) is 11.1 Å². The van der Waals surface area contributed by atoms with E-state index in [9.17, 15) is 18.0 Å². The zero-order valence-electron chi connectivity index (χ0n) is 19.3. The van der Waals surface area contributed by atoms with E-state index in [4.69, 9.17) is 11.1 Å². The zero-order chi connectivity index (χ0) is 27.0. The number of nitrogens with two attached hydrogens (primary N) is 1. The Bertz CT molecular complexity index is 1740. The lowest BCUT2D eigenvalue weighted by Gasteiger charge is -2.11. The molecule has 0 saturated heterocycles. The van der Waals surface area contributed by atoms with E-state index in [-0.39, 0.29) is 16.1 Å². The Morgan fingerprint density at radius 3 is 2.58 bits per heavy atom. The number of aromatic nitrogens is 2. The SMILES string of the molecule is N=Cc1cc(-c2cnc3[nH]cc(C(=O)c4c(F)ccc(NSc5cc(F)ccc5F)c4F)c3c2)ccc1N. The van der Waals surface area contributed by atoms with Gasteiger partial charge < -0.3 is 20.8 Å². The molecule has 0 aliphatic rings. The first-order valence-corrected chi connectivity index (χ1v) is 11.9. The van der Waals surface area contributed by atoms with Crippen molar-refractivity contribution in [2.24, 2.45) is 0 Å². The largest absolute Gasteiger partial charge is 0.398 e. The van der Waals surface area contributed by atoms with Crippen LogP contribution >= 0.6 is 11.9 Å². The van der Waals surface area contributed by atoms with E-state index in [1.807, 2.05) is 0 Å². The lowest BCUT2D eigenvalue weighted by atomic mass is 9.99. The minimum Gasteiger partial charge on any atom is -0.398 e. The van der Waals surface area contributed by atoms with Gasteiger partial charge in [-0.1, -0.05) is 6.07 Å². The molecule has 0 bridgehead atoms. The molecule has 38 heavy (non-hydrogen) atoms. The van der Waals surface area contributed by atoms with Crippen LogP contribution in [0.5, 0.6) is 0 Å². The van der Waals surface area contributed by atoms with Gasteiger partial charge in [0, 0.05) is 46.4 Å². The first-order chi connectivity index (χ1) is 18.3. The van der Waals surface area contributed by atoms with Crippen molar-refractivity contribution >= 4 is 46.4 Å². The molecule has 5 rings (SSSR count). The number of nitrogens with one attached hydrogen (secondary N) is 3. The Hall–Kier alpha value is -4.64. The van der Waals surface area contributed by atoms with Crippen LogP contribution in [0.3, 0.4) is 0 Å². The molecule has 190 valence electrons. The van der Waals surface area contributed by atoms with Crippen molar-refractivity contribution in [1.29, 1.82) is 5.41 Å². The maximum Gasteiger partial charge on any atom is 0.201 e. The van der Waals surface area contributed by atoms with E-state index in [1.54, 1.807) is 30.5 Å². The maximum absolute atomic E-state index is 15.4. The molecule has 0 aliphatic heterocycles. The number of nitrogens with zero attached hydrogens (tertiary/aromatic N) is 1. The van der Waals surface area contributed by atoms with Gasteiger partial charge in [-0.3, -0.25) is 4.79 Å². The second-order valence-corrected chi connectivity index (χ2v) is 9.05. The van der Waals surface area contributed by atoms with E-state index in [0.29, 0.717) is 45.4 Å². The zero-order valence-corrected chi connectivity index (χ0v) is 20.1. The van der Waals surface area contributed by atoms with Gasteiger partial charge in [-0.2, -0.15) is 0 Å². The summed E-state index contributed by atoms with van der Waals surface area (Å²) in [6, 6.07) is 11.4. The van der Waals surface area contributed by atoms with Crippen LogP contribution in [0, 0.1) is 28.7 Å². The predicted molar refractivity (Wildman–Crippen MR) is 139 cm³/mol. The van der Waals surface area contributed by atoms with Crippen molar-refractivity contribution in [3.05, 3.63) is 107 Å². The van der Waals surface area contributed by atoms with Crippen molar-refractivity contribution < 1.29 is 22.4 Å².